The minimum Gasteiger partial charge on any atom is -0.486 e. The Balaban J connectivity index is 1.68. The summed E-state index contributed by atoms with van der Waals surface area (Å²) in [5, 5.41) is 14.2. The number of aryl methyl sites for hydroxylation is 1. The van der Waals surface area contributed by atoms with E-state index in [9.17, 15) is 19.7 Å². The van der Waals surface area contributed by atoms with Crippen LogP contribution in [-0.2, 0) is 6.42 Å². The van der Waals surface area contributed by atoms with Crippen molar-refractivity contribution in [2.45, 2.75) is 18.9 Å². The van der Waals surface area contributed by atoms with Gasteiger partial charge in [0.1, 0.15) is 5.75 Å². The molecule has 158 valence electrons. The number of amides is 1. The molecule has 7 nitrogen and oxygen atoms in total. The van der Waals surface area contributed by atoms with Crippen LogP contribution >= 0.6 is 0 Å². The van der Waals surface area contributed by atoms with Gasteiger partial charge < -0.3 is 10.1 Å². The molecule has 1 amide bonds. The third-order valence-electron chi connectivity index (χ3n) is 4.81. The van der Waals surface area contributed by atoms with Crippen LogP contribution in [0.4, 0.5) is 5.69 Å². The summed E-state index contributed by atoms with van der Waals surface area (Å²) in [6.45, 7) is -0.158. The largest absolute Gasteiger partial charge is 0.486 e. The second kappa shape index (κ2) is 10.7. The number of rotatable bonds is 10. The first-order valence-electron chi connectivity index (χ1n) is 9.83. The maximum atomic E-state index is 12.8. The molecule has 0 aliphatic carbocycles. The fourth-order valence-electron chi connectivity index (χ4n) is 3.10. The minimum absolute atomic E-state index is 0.158. The molecule has 0 spiro atoms. The van der Waals surface area contributed by atoms with Gasteiger partial charge in [0, 0.05) is 16.9 Å². The lowest BCUT2D eigenvalue weighted by Crippen LogP contribution is -2.28. The summed E-state index contributed by atoms with van der Waals surface area (Å²) in [6, 6.07) is 21.8. The number of para-hydroxylation sites is 2. The number of carbonyl (C=O) groups is 2. The van der Waals surface area contributed by atoms with Crippen molar-refractivity contribution >= 4 is 17.9 Å². The molecule has 0 aromatic heterocycles. The van der Waals surface area contributed by atoms with Crippen molar-refractivity contribution in [3.63, 3.8) is 0 Å². The molecule has 3 aromatic rings. The maximum Gasteiger partial charge on any atom is 0.259 e. The first-order valence-corrected chi connectivity index (χ1v) is 9.83. The number of hydrogen-bond acceptors (Lipinski definition) is 5. The number of nitrogens with zero attached hydrogens (tertiary/aromatic N) is 1. The maximum absolute atomic E-state index is 12.8. The molecule has 0 aliphatic rings. The van der Waals surface area contributed by atoms with Crippen LogP contribution in [-0.4, -0.2) is 29.8 Å². The highest BCUT2D eigenvalue weighted by Gasteiger charge is 2.22. The van der Waals surface area contributed by atoms with Crippen LogP contribution in [0.25, 0.3) is 0 Å². The van der Waals surface area contributed by atoms with E-state index in [1.54, 1.807) is 48.5 Å². The normalized spacial score (nSPS) is 11.4. The van der Waals surface area contributed by atoms with E-state index in [1.807, 2.05) is 30.3 Å². The highest BCUT2D eigenvalue weighted by molar-refractivity contribution is 6.08. The van der Waals surface area contributed by atoms with Crippen molar-refractivity contribution in [2.75, 3.05) is 11.9 Å². The van der Waals surface area contributed by atoms with Crippen LogP contribution in [0.15, 0.2) is 78.9 Å². The van der Waals surface area contributed by atoms with Gasteiger partial charge in [0.05, 0.1) is 11.3 Å². The predicted molar refractivity (Wildman–Crippen MR) is 117 cm³/mol. The van der Waals surface area contributed by atoms with Gasteiger partial charge in [-0.3, -0.25) is 19.7 Å². The number of carbonyl (C=O) groups excluding carboxylic acids is 2. The van der Waals surface area contributed by atoms with Crippen LogP contribution in [0.3, 0.4) is 0 Å². The number of nitro groups is 1. The Kier molecular flexibility index (Phi) is 7.48. The van der Waals surface area contributed by atoms with E-state index in [2.05, 4.69) is 5.32 Å². The van der Waals surface area contributed by atoms with Crippen molar-refractivity contribution in [3.05, 3.63) is 106 Å². The van der Waals surface area contributed by atoms with Gasteiger partial charge >= 0.3 is 0 Å². The van der Waals surface area contributed by atoms with Gasteiger partial charge in [0.2, 0.25) is 6.04 Å². The van der Waals surface area contributed by atoms with Gasteiger partial charge in [0.25, 0.3) is 5.91 Å². The van der Waals surface area contributed by atoms with Crippen LogP contribution in [0, 0.1) is 10.1 Å². The average molecular weight is 418 g/mol. The predicted octanol–water partition coefficient (Wildman–Crippen LogP) is 4.41. The smallest absolute Gasteiger partial charge is 0.259 e. The van der Waals surface area contributed by atoms with Crippen LogP contribution in [0.1, 0.15) is 32.7 Å². The zero-order valence-corrected chi connectivity index (χ0v) is 16.8. The highest BCUT2D eigenvalue weighted by Crippen LogP contribution is 2.22. The Bertz CT molecular complexity index is 1050. The molecule has 0 bridgehead atoms. The van der Waals surface area contributed by atoms with Crippen molar-refractivity contribution in [3.8, 4) is 5.75 Å². The lowest BCUT2D eigenvalue weighted by molar-refractivity contribution is -0.525. The van der Waals surface area contributed by atoms with Gasteiger partial charge in [-0.05, 0) is 36.2 Å². The topological polar surface area (TPSA) is 98.5 Å². The molecule has 3 rings (SSSR count). The molecule has 0 saturated heterocycles. The molecule has 3 aromatic carbocycles. The number of anilines is 1. The number of aldehydes is 1. The van der Waals surface area contributed by atoms with Crippen LogP contribution < -0.4 is 10.1 Å². The molecule has 1 unspecified atom stereocenters. The van der Waals surface area contributed by atoms with E-state index in [-0.39, 0.29) is 22.8 Å². The first-order chi connectivity index (χ1) is 15.1. The monoisotopic (exact) mass is 418 g/mol. The molecule has 0 fully saturated rings. The third-order valence-corrected chi connectivity index (χ3v) is 4.81. The van der Waals surface area contributed by atoms with Gasteiger partial charge in [-0.15, -0.1) is 0 Å². The molecular formula is C24H22N2O5. The van der Waals surface area contributed by atoms with E-state index >= 15 is 0 Å². The molecule has 0 saturated carbocycles. The SMILES string of the molecule is O=Cc1ccccc1NC(=O)c1ccccc1OCC(CCc1ccccc1)[N+](=O)[O-]. The fourth-order valence-corrected chi connectivity index (χ4v) is 3.10. The van der Waals surface area contributed by atoms with E-state index in [0.29, 0.717) is 30.4 Å². The molecular weight excluding hydrogens is 396 g/mol. The summed E-state index contributed by atoms with van der Waals surface area (Å²) in [4.78, 5) is 35.1. The van der Waals surface area contributed by atoms with Crippen molar-refractivity contribution < 1.29 is 19.2 Å². The lowest BCUT2D eigenvalue weighted by Gasteiger charge is -2.14. The Labute approximate surface area is 179 Å². The van der Waals surface area contributed by atoms with E-state index in [1.165, 1.54) is 0 Å². The number of hydrogen-bond donors (Lipinski definition) is 1. The molecule has 31 heavy (non-hydrogen) atoms. The van der Waals surface area contributed by atoms with Crippen molar-refractivity contribution in [2.24, 2.45) is 0 Å². The second-order valence-electron chi connectivity index (χ2n) is 6.93. The molecule has 0 heterocycles. The van der Waals surface area contributed by atoms with Gasteiger partial charge in [-0.2, -0.15) is 0 Å². The Morgan fingerprint density at radius 3 is 2.42 bits per heavy atom. The Hall–Kier alpha value is -4.00. The summed E-state index contributed by atoms with van der Waals surface area (Å²) in [5.74, 6) is -0.220. The zero-order chi connectivity index (χ0) is 22.1. The van der Waals surface area contributed by atoms with Gasteiger partial charge in [-0.25, -0.2) is 0 Å². The Morgan fingerprint density at radius 1 is 1.00 bits per heavy atom. The van der Waals surface area contributed by atoms with Gasteiger partial charge in [-0.1, -0.05) is 54.6 Å². The van der Waals surface area contributed by atoms with Crippen molar-refractivity contribution in [1.29, 1.82) is 0 Å². The summed E-state index contributed by atoms with van der Waals surface area (Å²) in [6.07, 6.45) is 1.53. The molecule has 1 atom stereocenters. The first kappa shape index (κ1) is 21.7. The second-order valence-corrected chi connectivity index (χ2v) is 6.93. The van der Waals surface area contributed by atoms with E-state index in [4.69, 9.17) is 4.74 Å². The van der Waals surface area contributed by atoms with Crippen LogP contribution in [0.2, 0.25) is 0 Å². The standard InChI is InChI=1S/C24H22N2O5/c27-16-19-10-4-6-12-22(19)25-24(28)21-11-5-7-13-23(21)31-17-20(26(29)30)15-14-18-8-2-1-3-9-18/h1-13,16,20H,14-15,17H2,(H,25,28). The average Bonchev–Trinajstić information content (AvgIpc) is 2.80. The number of ether oxygens (including phenoxy) is 1. The van der Waals surface area contributed by atoms with E-state index in [0.717, 1.165) is 5.56 Å². The molecule has 7 heteroatoms. The zero-order valence-electron chi connectivity index (χ0n) is 16.8. The summed E-state index contributed by atoms with van der Waals surface area (Å²) >= 11 is 0. The van der Waals surface area contributed by atoms with E-state index < -0.39 is 11.9 Å². The highest BCUT2D eigenvalue weighted by atomic mass is 16.6. The number of benzene rings is 3. The minimum atomic E-state index is -0.910. The van der Waals surface area contributed by atoms with Crippen LogP contribution in [0.5, 0.6) is 5.75 Å². The summed E-state index contributed by atoms with van der Waals surface area (Å²) < 4.78 is 5.69. The van der Waals surface area contributed by atoms with Crippen molar-refractivity contribution in [1.82, 2.24) is 0 Å². The molecule has 0 radical (unpaired) electrons. The quantitative estimate of drug-likeness (QED) is 0.299. The third kappa shape index (κ3) is 5.99. The molecule has 0 aliphatic heterocycles. The Morgan fingerprint density at radius 2 is 1.68 bits per heavy atom. The lowest BCUT2D eigenvalue weighted by atomic mass is 10.1. The van der Waals surface area contributed by atoms with Gasteiger partial charge in [0.15, 0.2) is 12.9 Å². The molecule has 1 N–H and O–H groups in total. The number of nitrogens with one attached hydrogen (secondary N) is 1. The fraction of sp³-hybridized carbons (Fsp3) is 0.167. The summed E-state index contributed by atoms with van der Waals surface area (Å²) in [7, 11) is 0. The summed E-state index contributed by atoms with van der Waals surface area (Å²) in [5.41, 5.74) is 1.98.